The molecule has 1 aliphatic heterocycles. The second-order valence-electron chi connectivity index (χ2n) is 4.58. The molecule has 98 valence electrons. The van der Waals surface area contributed by atoms with Gasteiger partial charge in [0, 0.05) is 30.4 Å². The molecule has 0 aromatic heterocycles. The van der Waals surface area contributed by atoms with Crippen LogP contribution in [0.15, 0.2) is 24.3 Å². The number of hydrogen-bond acceptors (Lipinski definition) is 2. The summed E-state index contributed by atoms with van der Waals surface area (Å²) in [4.78, 5) is 13.8. The van der Waals surface area contributed by atoms with E-state index in [1.165, 1.54) is 0 Å². The minimum Gasteiger partial charge on any atom is -0.396 e. The van der Waals surface area contributed by atoms with Crippen LogP contribution in [0.3, 0.4) is 0 Å². The Bertz CT molecular complexity index is 425. The van der Waals surface area contributed by atoms with Crippen molar-refractivity contribution in [2.24, 2.45) is 5.92 Å². The van der Waals surface area contributed by atoms with Gasteiger partial charge in [-0.05, 0) is 37.0 Å². The van der Waals surface area contributed by atoms with E-state index in [1.54, 1.807) is 29.2 Å². The van der Waals surface area contributed by atoms with Crippen LogP contribution in [0.5, 0.6) is 0 Å². The molecule has 2 N–H and O–H groups in total. The summed E-state index contributed by atoms with van der Waals surface area (Å²) < 4.78 is 0. The third-order valence-electron chi connectivity index (χ3n) is 3.14. The molecule has 1 unspecified atom stereocenters. The van der Waals surface area contributed by atoms with E-state index in [1.807, 2.05) is 0 Å². The monoisotopic (exact) mass is 268 g/mol. The lowest BCUT2D eigenvalue weighted by molar-refractivity contribution is 0.136. The zero-order chi connectivity index (χ0) is 13.0. The number of likely N-dealkylation sites (tertiary alicyclic amines) is 1. The Morgan fingerprint density at radius 2 is 2.39 bits per heavy atom. The molecule has 5 heteroatoms. The molecule has 1 aliphatic rings. The molecule has 0 bridgehead atoms. The van der Waals surface area contributed by atoms with E-state index >= 15 is 0 Å². The fourth-order valence-corrected chi connectivity index (χ4v) is 2.36. The molecule has 0 saturated carbocycles. The fourth-order valence-electron chi connectivity index (χ4n) is 2.17. The maximum absolute atomic E-state index is 12.0. The Morgan fingerprint density at radius 3 is 3.11 bits per heavy atom. The number of carbonyl (C=O) groups excluding carboxylic acids is 1. The molecule has 1 heterocycles. The predicted molar refractivity (Wildman–Crippen MR) is 71.9 cm³/mol. The van der Waals surface area contributed by atoms with E-state index in [4.69, 9.17) is 16.7 Å². The number of aliphatic hydroxyl groups excluding tert-OH is 1. The van der Waals surface area contributed by atoms with Crippen LogP contribution in [-0.4, -0.2) is 35.7 Å². The van der Waals surface area contributed by atoms with Crippen LogP contribution in [0, 0.1) is 5.92 Å². The van der Waals surface area contributed by atoms with Gasteiger partial charge >= 0.3 is 6.03 Å². The average Bonchev–Trinajstić information content (AvgIpc) is 2.39. The number of urea groups is 1. The van der Waals surface area contributed by atoms with E-state index in [2.05, 4.69) is 5.32 Å². The van der Waals surface area contributed by atoms with Gasteiger partial charge in [-0.25, -0.2) is 4.79 Å². The third kappa shape index (κ3) is 3.37. The van der Waals surface area contributed by atoms with Crippen molar-refractivity contribution in [1.29, 1.82) is 0 Å². The summed E-state index contributed by atoms with van der Waals surface area (Å²) in [5.41, 5.74) is 0.693. The van der Waals surface area contributed by atoms with Crippen molar-refractivity contribution in [3.05, 3.63) is 29.3 Å². The van der Waals surface area contributed by atoms with Gasteiger partial charge in [-0.3, -0.25) is 0 Å². The second-order valence-corrected chi connectivity index (χ2v) is 5.01. The molecule has 18 heavy (non-hydrogen) atoms. The summed E-state index contributed by atoms with van der Waals surface area (Å²) in [6.45, 7) is 1.49. The van der Waals surface area contributed by atoms with E-state index in [9.17, 15) is 4.79 Å². The molecule has 1 fully saturated rings. The number of piperidine rings is 1. The van der Waals surface area contributed by atoms with E-state index in [-0.39, 0.29) is 18.6 Å². The van der Waals surface area contributed by atoms with Gasteiger partial charge in [0.05, 0.1) is 0 Å². The summed E-state index contributed by atoms with van der Waals surface area (Å²) >= 11 is 5.86. The van der Waals surface area contributed by atoms with E-state index < -0.39 is 0 Å². The largest absolute Gasteiger partial charge is 0.396 e. The number of anilines is 1. The number of hydrogen-bond donors (Lipinski definition) is 2. The fraction of sp³-hybridized carbons (Fsp3) is 0.462. The van der Waals surface area contributed by atoms with Crippen molar-refractivity contribution in [3.63, 3.8) is 0 Å². The highest BCUT2D eigenvalue weighted by Crippen LogP contribution is 2.19. The molecule has 1 atom stereocenters. The molecule has 1 saturated heterocycles. The smallest absolute Gasteiger partial charge is 0.321 e. The number of rotatable bonds is 2. The topological polar surface area (TPSA) is 52.6 Å². The van der Waals surface area contributed by atoms with Crippen LogP contribution in [0.25, 0.3) is 0 Å². The summed E-state index contributed by atoms with van der Waals surface area (Å²) in [7, 11) is 0. The first-order chi connectivity index (χ1) is 8.69. The van der Waals surface area contributed by atoms with Crippen molar-refractivity contribution in [2.75, 3.05) is 25.0 Å². The first-order valence-electron chi connectivity index (χ1n) is 6.11. The molecule has 1 aromatic carbocycles. The zero-order valence-corrected chi connectivity index (χ0v) is 10.9. The standard InChI is InChI=1S/C13H17ClN2O2/c14-11-4-1-5-12(7-11)15-13(18)16-6-2-3-10(8-16)9-17/h1,4-5,7,10,17H,2-3,6,8-9H2,(H,15,18). The summed E-state index contributed by atoms with van der Waals surface area (Å²) in [6.07, 6.45) is 1.92. The molecule has 0 aliphatic carbocycles. The van der Waals surface area contributed by atoms with Crippen LogP contribution in [0.4, 0.5) is 10.5 Å². The zero-order valence-electron chi connectivity index (χ0n) is 10.1. The van der Waals surface area contributed by atoms with Crippen molar-refractivity contribution >= 4 is 23.3 Å². The maximum Gasteiger partial charge on any atom is 0.321 e. The molecular formula is C13H17ClN2O2. The number of benzene rings is 1. The third-order valence-corrected chi connectivity index (χ3v) is 3.38. The minimum absolute atomic E-state index is 0.129. The summed E-state index contributed by atoms with van der Waals surface area (Å²) in [5, 5.41) is 12.6. The number of amides is 2. The molecule has 0 radical (unpaired) electrons. The van der Waals surface area contributed by atoms with Crippen LogP contribution in [-0.2, 0) is 0 Å². The van der Waals surface area contributed by atoms with Gasteiger partial charge in [0.1, 0.15) is 0 Å². The highest BCUT2D eigenvalue weighted by molar-refractivity contribution is 6.30. The van der Waals surface area contributed by atoms with Gasteiger partial charge in [0.25, 0.3) is 0 Å². The SMILES string of the molecule is O=C(Nc1cccc(Cl)c1)N1CCCC(CO)C1. The number of carbonyl (C=O) groups is 1. The Balaban J connectivity index is 1.95. The van der Waals surface area contributed by atoms with Crippen LogP contribution in [0.1, 0.15) is 12.8 Å². The Hall–Kier alpha value is -1.26. The summed E-state index contributed by atoms with van der Waals surface area (Å²) in [5.74, 6) is 0.198. The number of halogens is 1. The van der Waals surface area contributed by atoms with Crippen molar-refractivity contribution in [1.82, 2.24) is 4.90 Å². The number of nitrogens with zero attached hydrogens (tertiary/aromatic N) is 1. The van der Waals surface area contributed by atoms with E-state index in [0.717, 1.165) is 19.4 Å². The van der Waals surface area contributed by atoms with E-state index in [0.29, 0.717) is 17.3 Å². The highest BCUT2D eigenvalue weighted by atomic mass is 35.5. The number of aliphatic hydroxyl groups is 1. The van der Waals surface area contributed by atoms with Crippen LogP contribution < -0.4 is 5.32 Å². The Morgan fingerprint density at radius 1 is 1.56 bits per heavy atom. The Kier molecular flexibility index (Phi) is 4.44. The maximum atomic E-state index is 12.0. The van der Waals surface area contributed by atoms with Gasteiger partial charge in [-0.1, -0.05) is 17.7 Å². The molecular weight excluding hydrogens is 252 g/mol. The Labute approximate surface area is 112 Å². The number of nitrogens with one attached hydrogen (secondary N) is 1. The molecule has 1 aromatic rings. The van der Waals surface area contributed by atoms with Gasteiger partial charge in [-0.15, -0.1) is 0 Å². The first-order valence-corrected chi connectivity index (χ1v) is 6.49. The summed E-state index contributed by atoms with van der Waals surface area (Å²) in [6, 6.07) is 6.95. The average molecular weight is 269 g/mol. The normalized spacial score (nSPS) is 19.7. The van der Waals surface area contributed by atoms with Gasteiger partial charge in [0.15, 0.2) is 0 Å². The minimum atomic E-state index is -0.129. The lowest BCUT2D eigenvalue weighted by Gasteiger charge is -2.31. The molecule has 0 spiro atoms. The lowest BCUT2D eigenvalue weighted by atomic mass is 9.99. The van der Waals surface area contributed by atoms with Crippen molar-refractivity contribution in [3.8, 4) is 0 Å². The second kappa shape index (κ2) is 6.07. The quantitative estimate of drug-likeness (QED) is 0.866. The van der Waals surface area contributed by atoms with Gasteiger partial charge in [0.2, 0.25) is 0 Å². The lowest BCUT2D eigenvalue weighted by Crippen LogP contribution is -2.43. The molecule has 2 rings (SSSR count). The van der Waals surface area contributed by atoms with Crippen molar-refractivity contribution in [2.45, 2.75) is 12.8 Å². The van der Waals surface area contributed by atoms with Crippen LogP contribution in [0.2, 0.25) is 5.02 Å². The molecule has 4 nitrogen and oxygen atoms in total. The van der Waals surface area contributed by atoms with Gasteiger partial charge < -0.3 is 15.3 Å². The van der Waals surface area contributed by atoms with Crippen LogP contribution >= 0.6 is 11.6 Å². The predicted octanol–water partition coefficient (Wildman–Crippen LogP) is 2.58. The van der Waals surface area contributed by atoms with Gasteiger partial charge in [-0.2, -0.15) is 0 Å². The first kappa shape index (κ1) is 13.2. The molecule has 2 amide bonds. The highest BCUT2D eigenvalue weighted by Gasteiger charge is 2.22. The van der Waals surface area contributed by atoms with Crippen molar-refractivity contribution < 1.29 is 9.90 Å².